The normalized spacial score (nSPS) is 18.4. The predicted molar refractivity (Wildman–Crippen MR) is 88.9 cm³/mol. The second-order valence-corrected chi connectivity index (χ2v) is 6.22. The van der Waals surface area contributed by atoms with Crippen LogP contribution in [-0.4, -0.2) is 36.7 Å². The van der Waals surface area contributed by atoms with Gasteiger partial charge in [-0.25, -0.2) is 9.20 Å². The minimum Gasteiger partial charge on any atom is -0.467 e. The number of nitrogens with zero attached hydrogens (tertiary/aromatic N) is 5. The van der Waals surface area contributed by atoms with Gasteiger partial charge in [0.25, 0.3) is 5.56 Å². The van der Waals surface area contributed by atoms with Gasteiger partial charge in [-0.2, -0.15) is 10.2 Å². The Balaban J connectivity index is 1.61. The molecule has 0 spiro atoms. The van der Waals surface area contributed by atoms with Crippen LogP contribution in [0.2, 0.25) is 0 Å². The molecule has 4 rings (SSSR count). The monoisotopic (exact) mass is 341 g/mol. The van der Waals surface area contributed by atoms with Crippen molar-refractivity contribution >= 4 is 11.4 Å². The van der Waals surface area contributed by atoms with Crippen LogP contribution < -0.4 is 5.56 Å². The van der Waals surface area contributed by atoms with Crippen molar-refractivity contribution in [2.45, 2.75) is 38.3 Å². The highest BCUT2D eigenvalue weighted by Gasteiger charge is 2.29. The number of likely N-dealkylation sites (tertiary alicyclic amines) is 1. The van der Waals surface area contributed by atoms with E-state index in [1.807, 2.05) is 17.0 Å². The first-order chi connectivity index (χ1) is 12.2. The minimum atomic E-state index is -0.322. The Bertz CT molecular complexity index is 927. The van der Waals surface area contributed by atoms with E-state index in [-0.39, 0.29) is 24.1 Å². The Kier molecular flexibility index (Phi) is 4.09. The summed E-state index contributed by atoms with van der Waals surface area (Å²) in [6.07, 6.45) is 8.55. The number of carbonyl (C=O) groups is 1. The van der Waals surface area contributed by atoms with Crippen LogP contribution in [0.3, 0.4) is 0 Å². The highest BCUT2D eigenvalue weighted by molar-refractivity contribution is 5.76. The Labute approximate surface area is 143 Å². The van der Waals surface area contributed by atoms with Gasteiger partial charge in [0.1, 0.15) is 24.1 Å². The van der Waals surface area contributed by atoms with Crippen molar-refractivity contribution in [3.63, 3.8) is 0 Å². The van der Waals surface area contributed by atoms with Gasteiger partial charge in [-0.05, 0) is 31.0 Å². The summed E-state index contributed by atoms with van der Waals surface area (Å²) in [6.45, 7) is 0.575. The molecule has 8 nitrogen and oxygen atoms in total. The van der Waals surface area contributed by atoms with E-state index in [0.29, 0.717) is 12.1 Å². The molecule has 0 aliphatic carbocycles. The van der Waals surface area contributed by atoms with Crippen LogP contribution in [0.5, 0.6) is 0 Å². The van der Waals surface area contributed by atoms with Crippen LogP contribution in [0.4, 0.5) is 0 Å². The third-order valence-corrected chi connectivity index (χ3v) is 4.65. The SMILES string of the molecule is O=C(Cn1ncn2nccc2c1=O)N1CCCCCC1c1ccco1. The first kappa shape index (κ1) is 15.6. The number of hydrogen-bond acceptors (Lipinski definition) is 5. The quantitative estimate of drug-likeness (QED) is 0.723. The number of carbonyl (C=O) groups excluding carboxylic acids is 1. The van der Waals surface area contributed by atoms with Gasteiger partial charge < -0.3 is 9.32 Å². The Hall–Kier alpha value is -2.90. The van der Waals surface area contributed by atoms with Crippen LogP contribution in [-0.2, 0) is 11.3 Å². The lowest BCUT2D eigenvalue weighted by Crippen LogP contribution is -2.39. The highest BCUT2D eigenvalue weighted by atomic mass is 16.3. The number of aromatic nitrogens is 4. The third kappa shape index (κ3) is 2.95. The van der Waals surface area contributed by atoms with Crippen molar-refractivity contribution in [3.8, 4) is 0 Å². The fourth-order valence-electron chi connectivity index (χ4n) is 3.39. The van der Waals surface area contributed by atoms with Gasteiger partial charge in [0.05, 0.1) is 18.5 Å². The Morgan fingerprint density at radius 2 is 2.16 bits per heavy atom. The number of fused-ring (bicyclic) bond motifs is 1. The van der Waals surface area contributed by atoms with E-state index in [1.165, 1.54) is 21.7 Å². The fraction of sp³-hybridized carbons (Fsp3) is 0.412. The summed E-state index contributed by atoms with van der Waals surface area (Å²) < 4.78 is 8.14. The molecule has 0 N–H and O–H groups in total. The minimum absolute atomic E-state index is 0.0839. The second-order valence-electron chi connectivity index (χ2n) is 6.22. The van der Waals surface area contributed by atoms with E-state index >= 15 is 0 Å². The van der Waals surface area contributed by atoms with E-state index in [9.17, 15) is 9.59 Å². The van der Waals surface area contributed by atoms with Gasteiger partial charge in [0.15, 0.2) is 0 Å². The summed E-state index contributed by atoms with van der Waals surface area (Å²) >= 11 is 0. The first-order valence-corrected chi connectivity index (χ1v) is 8.46. The number of amides is 1. The smallest absolute Gasteiger partial charge is 0.293 e. The summed E-state index contributed by atoms with van der Waals surface area (Å²) in [5, 5.41) is 8.04. The molecule has 3 aromatic rings. The van der Waals surface area contributed by atoms with Gasteiger partial charge in [-0.1, -0.05) is 12.8 Å². The topological polar surface area (TPSA) is 85.6 Å². The molecular weight excluding hydrogens is 322 g/mol. The molecule has 130 valence electrons. The molecule has 0 radical (unpaired) electrons. The zero-order valence-electron chi connectivity index (χ0n) is 13.7. The molecule has 0 saturated carbocycles. The van der Waals surface area contributed by atoms with Crippen LogP contribution in [0.25, 0.3) is 5.52 Å². The molecule has 3 aromatic heterocycles. The molecule has 4 heterocycles. The van der Waals surface area contributed by atoms with Crippen molar-refractivity contribution in [3.05, 3.63) is 53.1 Å². The van der Waals surface area contributed by atoms with Gasteiger partial charge in [-0.3, -0.25) is 9.59 Å². The van der Waals surface area contributed by atoms with Crippen molar-refractivity contribution < 1.29 is 9.21 Å². The van der Waals surface area contributed by atoms with E-state index < -0.39 is 0 Å². The molecule has 1 amide bonds. The molecule has 0 aromatic carbocycles. The Morgan fingerprint density at radius 3 is 3.00 bits per heavy atom. The zero-order chi connectivity index (χ0) is 17.2. The van der Waals surface area contributed by atoms with E-state index in [2.05, 4.69) is 10.2 Å². The summed E-state index contributed by atoms with van der Waals surface area (Å²) in [4.78, 5) is 27.2. The third-order valence-electron chi connectivity index (χ3n) is 4.65. The van der Waals surface area contributed by atoms with Gasteiger partial charge >= 0.3 is 0 Å². The molecule has 25 heavy (non-hydrogen) atoms. The van der Waals surface area contributed by atoms with Crippen LogP contribution >= 0.6 is 0 Å². The molecule has 0 bridgehead atoms. The average molecular weight is 341 g/mol. The lowest BCUT2D eigenvalue weighted by atomic mass is 10.1. The molecule has 1 aliphatic rings. The lowest BCUT2D eigenvalue weighted by molar-refractivity contribution is -0.135. The molecule has 1 unspecified atom stereocenters. The second kappa shape index (κ2) is 6.54. The van der Waals surface area contributed by atoms with Gasteiger partial charge in [0.2, 0.25) is 5.91 Å². The van der Waals surface area contributed by atoms with Gasteiger partial charge in [0, 0.05) is 6.54 Å². The zero-order valence-corrected chi connectivity index (χ0v) is 13.7. The van der Waals surface area contributed by atoms with Crippen molar-refractivity contribution in [2.24, 2.45) is 0 Å². The number of furan rings is 1. The highest BCUT2D eigenvalue weighted by Crippen LogP contribution is 2.30. The Morgan fingerprint density at radius 1 is 1.24 bits per heavy atom. The summed E-state index contributed by atoms with van der Waals surface area (Å²) in [7, 11) is 0. The van der Waals surface area contributed by atoms with Crippen molar-refractivity contribution in [1.29, 1.82) is 0 Å². The molecule has 1 atom stereocenters. The van der Waals surface area contributed by atoms with Crippen molar-refractivity contribution in [2.75, 3.05) is 6.54 Å². The van der Waals surface area contributed by atoms with E-state index in [1.54, 1.807) is 12.3 Å². The predicted octanol–water partition coefficient (Wildman–Crippen LogP) is 1.63. The molecular formula is C17H19N5O3. The standard InChI is InChI=1S/C17H19N5O3/c23-16(11-21-17(24)14-7-8-18-22(14)12-19-21)20-9-3-1-2-5-13(20)15-6-4-10-25-15/h4,6-8,10,12-13H,1-3,5,9,11H2. The summed E-state index contributed by atoms with van der Waals surface area (Å²) in [6, 6.07) is 5.27. The van der Waals surface area contributed by atoms with E-state index in [0.717, 1.165) is 31.4 Å². The molecule has 1 saturated heterocycles. The average Bonchev–Trinajstić information content (AvgIpc) is 3.25. The van der Waals surface area contributed by atoms with Crippen LogP contribution in [0, 0.1) is 0 Å². The largest absolute Gasteiger partial charge is 0.467 e. The van der Waals surface area contributed by atoms with Crippen molar-refractivity contribution in [1.82, 2.24) is 24.3 Å². The van der Waals surface area contributed by atoms with Crippen LogP contribution in [0.1, 0.15) is 37.5 Å². The van der Waals surface area contributed by atoms with E-state index in [4.69, 9.17) is 4.42 Å². The first-order valence-electron chi connectivity index (χ1n) is 8.46. The summed E-state index contributed by atoms with van der Waals surface area (Å²) in [5.74, 6) is 0.670. The molecule has 1 aliphatic heterocycles. The maximum absolute atomic E-state index is 12.9. The molecule has 1 fully saturated rings. The summed E-state index contributed by atoms with van der Waals surface area (Å²) in [5.41, 5.74) is 0.0824. The maximum Gasteiger partial charge on any atom is 0.293 e. The van der Waals surface area contributed by atoms with Gasteiger partial charge in [-0.15, -0.1) is 0 Å². The number of hydrogen-bond donors (Lipinski definition) is 0. The molecule has 8 heteroatoms. The number of rotatable bonds is 3. The fourth-order valence-corrected chi connectivity index (χ4v) is 3.39. The maximum atomic E-state index is 12.9. The lowest BCUT2D eigenvalue weighted by Gasteiger charge is -2.28. The van der Waals surface area contributed by atoms with Crippen LogP contribution in [0.15, 0.2) is 46.2 Å².